The number of aliphatic hydroxyl groups excluding tert-OH is 1. The lowest BCUT2D eigenvalue weighted by Crippen LogP contribution is -2.43. The topological polar surface area (TPSA) is 87.5 Å². The summed E-state index contributed by atoms with van der Waals surface area (Å²) in [6, 6.07) is 12.0. The van der Waals surface area contributed by atoms with Crippen molar-refractivity contribution >= 4 is 34.3 Å². The smallest absolute Gasteiger partial charge is 0.245 e. The molecule has 1 saturated carbocycles. The minimum Gasteiger partial charge on any atom is -0.387 e. The Hall–Kier alpha value is -2.97. The molecule has 4 rings (SSSR count). The van der Waals surface area contributed by atoms with Crippen LogP contribution in [0.25, 0.3) is 10.9 Å². The van der Waals surface area contributed by atoms with Gasteiger partial charge in [-0.15, -0.1) is 0 Å². The Bertz CT molecular complexity index is 1160. The maximum Gasteiger partial charge on any atom is 0.245 e. The van der Waals surface area contributed by atoms with Gasteiger partial charge in [0.05, 0.1) is 28.9 Å². The molecule has 7 nitrogen and oxygen atoms in total. The number of fused-ring (bicyclic) bond motifs is 1. The second-order valence-corrected chi connectivity index (χ2v) is 8.39. The van der Waals surface area contributed by atoms with Gasteiger partial charge in [0.2, 0.25) is 11.8 Å². The van der Waals surface area contributed by atoms with Crippen molar-refractivity contribution in [2.75, 3.05) is 6.54 Å². The first-order chi connectivity index (χ1) is 15.3. The highest BCUT2D eigenvalue weighted by Crippen LogP contribution is 2.28. The second-order valence-electron chi connectivity index (χ2n) is 7.98. The first-order valence-corrected chi connectivity index (χ1v) is 10.9. The Morgan fingerprint density at radius 3 is 2.75 bits per heavy atom. The summed E-state index contributed by atoms with van der Waals surface area (Å²) in [5.41, 5.74) is 1.53. The van der Waals surface area contributed by atoms with Gasteiger partial charge in [0.25, 0.3) is 0 Å². The Labute approximate surface area is 189 Å². The van der Waals surface area contributed by atoms with Crippen LogP contribution < -0.4 is 5.32 Å². The van der Waals surface area contributed by atoms with E-state index in [4.69, 9.17) is 11.6 Å². The van der Waals surface area contributed by atoms with Gasteiger partial charge in [0.15, 0.2) is 0 Å². The van der Waals surface area contributed by atoms with E-state index in [1.54, 1.807) is 28.6 Å². The Morgan fingerprint density at radius 1 is 1.28 bits per heavy atom. The predicted octanol–water partition coefficient (Wildman–Crippen LogP) is 3.19. The summed E-state index contributed by atoms with van der Waals surface area (Å²) in [7, 11) is 0. The number of nitrogens with zero attached hydrogens (tertiary/aromatic N) is 3. The quantitative estimate of drug-likeness (QED) is 0.542. The molecule has 1 aromatic heterocycles. The number of carbonyl (C=O) groups excluding carboxylic acids is 2. The molecule has 168 valence electrons. The molecular weight excluding hydrogens is 435 g/mol. The van der Waals surface area contributed by atoms with Crippen LogP contribution in [0.15, 0.2) is 42.5 Å². The standard InChI is InChI=1S/C23H24ClFN4O3/c1-14(30)23-17-6-2-3-8-19(17)29(27-23)13-21(32)28(16-9-10-16)12-20(31)26-11-15-5-4-7-18(24)22(15)25/h2-8,14,16,30H,9-13H2,1H3,(H,26,31). The second kappa shape index (κ2) is 9.26. The van der Waals surface area contributed by atoms with Crippen LogP contribution in [0, 0.1) is 5.82 Å². The van der Waals surface area contributed by atoms with Crippen LogP contribution in [0.1, 0.15) is 37.1 Å². The summed E-state index contributed by atoms with van der Waals surface area (Å²) in [5, 5.41) is 17.9. The Kier molecular flexibility index (Phi) is 6.43. The van der Waals surface area contributed by atoms with Gasteiger partial charge < -0.3 is 15.3 Å². The summed E-state index contributed by atoms with van der Waals surface area (Å²) in [6.07, 6.45) is 0.898. The number of halogens is 2. The average molecular weight is 459 g/mol. The Balaban J connectivity index is 1.44. The molecule has 0 radical (unpaired) electrons. The summed E-state index contributed by atoms with van der Waals surface area (Å²) >= 11 is 5.78. The van der Waals surface area contributed by atoms with Crippen LogP contribution in [-0.4, -0.2) is 44.2 Å². The third kappa shape index (κ3) is 4.76. The molecule has 2 aromatic carbocycles. The van der Waals surface area contributed by atoms with Crippen molar-refractivity contribution in [3.8, 4) is 0 Å². The molecule has 0 saturated heterocycles. The van der Waals surface area contributed by atoms with Gasteiger partial charge in [0.1, 0.15) is 12.4 Å². The van der Waals surface area contributed by atoms with Crippen molar-refractivity contribution in [2.24, 2.45) is 0 Å². The van der Waals surface area contributed by atoms with Crippen LogP contribution >= 0.6 is 11.6 Å². The molecule has 0 spiro atoms. The van der Waals surface area contributed by atoms with Crippen molar-refractivity contribution < 1.29 is 19.1 Å². The maximum absolute atomic E-state index is 14.0. The van der Waals surface area contributed by atoms with E-state index >= 15 is 0 Å². The largest absolute Gasteiger partial charge is 0.387 e. The zero-order chi connectivity index (χ0) is 22.8. The van der Waals surface area contributed by atoms with Gasteiger partial charge in [-0.05, 0) is 31.9 Å². The number of hydrogen-bond acceptors (Lipinski definition) is 4. The lowest BCUT2D eigenvalue weighted by molar-refractivity contribution is -0.137. The lowest BCUT2D eigenvalue weighted by Gasteiger charge is -2.22. The van der Waals surface area contributed by atoms with E-state index in [9.17, 15) is 19.1 Å². The van der Waals surface area contributed by atoms with E-state index in [0.29, 0.717) is 5.69 Å². The Morgan fingerprint density at radius 2 is 2.03 bits per heavy atom. The fourth-order valence-corrected chi connectivity index (χ4v) is 3.89. The lowest BCUT2D eigenvalue weighted by atomic mass is 10.1. The number of benzene rings is 2. The van der Waals surface area contributed by atoms with Gasteiger partial charge in [0, 0.05) is 23.5 Å². The molecule has 2 N–H and O–H groups in total. The van der Waals surface area contributed by atoms with Gasteiger partial charge >= 0.3 is 0 Å². The van der Waals surface area contributed by atoms with Crippen LogP contribution in [0.3, 0.4) is 0 Å². The van der Waals surface area contributed by atoms with Crippen LogP contribution in [0.5, 0.6) is 0 Å². The highest BCUT2D eigenvalue weighted by atomic mass is 35.5. The average Bonchev–Trinajstić information content (AvgIpc) is 3.54. The number of hydrogen-bond donors (Lipinski definition) is 2. The number of amides is 2. The van der Waals surface area contributed by atoms with E-state index in [1.807, 2.05) is 24.3 Å². The number of aliphatic hydroxyl groups is 1. The SMILES string of the molecule is CC(O)c1nn(CC(=O)N(CC(=O)NCc2cccc(Cl)c2F)C2CC2)c2ccccc12. The predicted molar refractivity (Wildman–Crippen MR) is 118 cm³/mol. The van der Waals surface area contributed by atoms with Gasteiger partial charge in [-0.2, -0.15) is 5.10 Å². The summed E-state index contributed by atoms with van der Waals surface area (Å²) in [6.45, 7) is 1.46. The molecule has 1 unspecified atom stereocenters. The number of nitrogens with one attached hydrogen (secondary N) is 1. The van der Waals surface area contributed by atoms with Crippen molar-refractivity contribution in [3.05, 3.63) is 64.6 Å². The van der Waals surface area contributed by atoms with Gasteiger partial charge in [-0.3, -0.25) is 14.3 Å². The highest BCUT2D eigenvalue weighted by molar-refractivity contribution is 6.30. The van der Waals surface area contributed by atoms with Crippen LogP contribution in [0.2, 0.25) is 5.02 Å². The van der Waals surface area contributed by atoms with E-state index in [1.165, 1.54) is 6.07 Å². The van der Waals surface area contributed by atoms with Gasteiger partial charge in [-0.25, -0.2) is 4.39 Å². The molecule has 2 amide bonds. The van der Waals surface area contributed by atoms with E-state index in [-0.39, 0.29) is 48.1 Å². The summed E-state index contributed by atoms with van der Waals surface area (Å²) < 4.78 is 15.6. The molecule has 9 heteroatoms. The summed E-state index contributed by atoms with van der Waals surface area (Å²) in [5.74, 6) is -1.18. The fourth-order valence-electron chi connectivity index (χ4n) is 3.70. The molecule has 0 aliphatic heterocycles. The first kappa shape index (κ1) is 22.2. The number of para-hydroxylation sites is 1. The molecule has 1 aliphatic rings. The van der Waals surface area contributed by atoms with E-state index in [0.717, 1.165) is 23.7 Å². The van der Waals surface area contributed by atoms with Crippen molar-refractivity contribution in [3.63, 3.8) is 0 Å². The molecule has 1 atom stereocenters. The fraction of sp³-hybridized carbons (Fsp3) is 0.348. The molecule has 32 heavy (non-hydrogen) atoms. The molecule has 0 bridgehead atoms. The zero-order valence-corrected chi connectivity index (χ0v) is 18.3. The monoisotopic (exact) mass is 458 g/mol. The maximum atomic E-state index is 14.0. The number of rotatable bonds is 8. The van der Waals surface area contributed by atoms with Crippen LogP contribution in [-0.2, 0) is 22.7 Å². The zero-order valence-electron chi connectivity index (χ0n) is 17.6. The minimum absolute atomic E-state index is 0.00505. The number of carbonyl (C=O) groups is 2. The van der Waals surface area contributed by atoms with Crippen molar-refractivity contribution in [2.45, 2.75) is 45.0 Å². The highest BCUT2D eigenvalue weighted by Gasteiger charge is 2.34. The van der Waals surface area contributed by atoms with Crippen LogP contribution in [0.4, 0.5) is 4.39 Å². The van der Waals surface area contributed by atoms with E-state index in [2.05, 4.69) is 10.4 Å². The molecule has 1 aliphatic carbocycles. The third-order valence-corrected chi connectivity index (χ3v) is 5.79. The molecule has 1 fully saturated rings. The summed E-state index contributed by atoms with van der Waals surface area (Å²) in [4.78, 5) is 27.1. The first-order valence-electron chi connectivity index (χ1n) is 10.5. The van der Waals surface area contributed by atoms with Crippen molar-refractivity contribution in [1.29, 1.82) is 0 Å². The molecule has 1 heterocycles. The molecular formula is C23H24ClFN4O3. The number of aromatic nitrogens is 2. The normalized spacial score (nSPS) is 14.4. The van der Waals surface area contributed by atoms with Crippen molar-refractivity contribution in [1.82, 2.24) is 20.0 Å². The van der Waals surface area contributed by atoms with E-state index < -0.39 is 11.9 Å². The third-order valence-electron chi connectivity index (χ3n) is 5.50. The minimum atomic E-state index is -0.770. The molecule has 3 aromatic rings. The van der Waals surface area contributed by atoms with Gasteiger partial charge in [-0.1, -0.05) is 41.9 Å².